The van der Waals surface area contributed by atoms with Crippen molar-refractivity contribution >= 4 is 0 Å². The van der Waals surface area contributed by atoms with Gasteiger partial charge in [-0.2, -0.15) is 0 Å². The summed E-state index contributed by atoms with van der Waals surface area (Å²) in [6.45, 7) is 2.72. The van der Waals surface area contributed by atoms with Gasteiger partial charge in [0.1, 0.15) is 11.5 Å². The Balaban J connectivity index is 2.56. The Hall–Kier alpha value is -1.26. The van der Waals surface area contributed by atoms with Crippen molar-refractivity contribution in [3.8, 4) is 11.5 Å². The molecule has 0 saturated heterocycles. The third kappa shape index (κ3) is 4.63. The normalized spacial score (nSPS) is 11.2. The van der Waals surface area contributed by atoms with Gasteiger partial charge in [-0.15, -0.1) is 0 Å². The lowest BCUT2D eigenvalue weighted by molar-refractivity contribution is 0.273. The Morgan fingerprint density at radius 3 is 2.41 bits per heavy atom. The van der Waals surface area contributed by atoms with Crippen molar-refractivity contribution in [2.75, 3.05) is 41.3 Å². The number of phenolic OH excluding ortho intramolecular Hbond substituents is 1. The summed E-state index contributed by atoms with van der Waals surface area (Å²) in [4.78, 5) is 4.33. The number of hydrogen-bond acceptors (Lipinski definition) is 4. The molecule has 17 heavy (non-hydrogen) atoms. The topological polar surface area (TPSA) is 35.9 Å². The van der Waals surface area contributed by atoms with Crippen molar-refractivity contribution in [1.29, 1.82) is 0 Å². The highest BCUT2D eigenvalue weighted by Crippen LogP contribution is 2.24. The van der Waals surface area contributed by atoms with Crippen molar-refractivity contribution in [2.24, 2.45) is 0 Å². The molecule has 0 aliphatic heterocycles. The van der Waals surface area contributed by atoms with E-state index in [-0.39, 0.29) is 0 Å². The second-order valence-corrected chi connectivity index (χ2v) is 4.54. The number of benzene rings is 1. The van der Waals surface area contributed by atoms with Gasteiger partial charge in [0.15, 0.2) is 0 Å². The zero-order valence-electron chi connectivity index (χ0n) is 11.1. The maximum absolute atomic E-state index is 9.83. The minimum absolute atomic E-state index is 0.293. The minimum Gasteiger partial charge on any atom is -0.507 e. The third-order valence-corrected chi connectivity index (χ3v) is 2.66. The van der Waals surface area contributed by atoms with Crippen molar-refractivity contribution < 1.29 is 9.84 Å². The molecule has 1 N–H and O–H groups in total. The number of rotatable bonds is 6. The molecule has 0 unspecified atom stereocenters. The van der Waals surface area contributed by atoms with Crippen LogP contribution in [0.5, 0.6) is 11.5 Å². The molecule has 0 bridgehead atoms. The van der Waals surface area contributed by atoms with E-state index >= 15 is 0 Å². The smallest absolute Gasteiger partial charge is 0.123 e. The van der Waals surface area contributed by atoms with Crippen LogP contribution in [0.2, 0.25) is 0 Å². The maximum atomic E-state index is 9.83. The van der Waals surface area contributed by atoms with Crippen LogP contribution in [0.3, 0.4) is 0 Å². The standard InChI is InChI=1S/C13H22N2O2/c1-14(2)7-8-15(3)10-11-5-6-12(17-4)9-13(11)16/h5-6,9,16H,7-8,10H2,1-4H3. The molecular formula is C13H22N2O2. The summed E-state index contributed by atoms with van der Waals surface area (Å²) in [5.74, 6) is 0.975. The lowest BCUT2D eigenvalue weighted by atomic mass is 10.2. The number of nitrogens with zero attached hydrogens (tertiary/aromatic N) is 2. The van der Waals surface area contributed by atoms with Crippen LogP contribution in [-0.2, 0) is 6.54 Å². The molecule has 0 amide bonds. The van der Waals surface area contributed by atoms with E-state index in [1.165, 1.54) is 0 Å². The molecule has 96 valence electrons. The zero-order valence-corrected chi connectivity index (χ0v) is 11.1. The van der Waals surface area contributed by atoms with Crippen LogP contribution in [-0.4, -0.2) is 56.2 Å². The van der Waals surface area contributed by atoms with E-state index < -0.39 is 0 Å². The predicted molar refractivity (Wildman–Crippen MR) is 69.5 cm³/mol. The summed E-state index contributed by atoms with van der Waals surface area (Å²) in [6, 6.07) is 5.42. The molecule has 0 aliphatic rings. The average Bonchev–Trinajstić information content (AvgIpc) is 2.29. The number of ether oxygens (including phenoxy) is 1. The van der Waals surface area contributed by atoms with Crippen LogP contribution in [0, 0.1) is 0 Å². The van der Waals surface area contributed by atoms with Gasteiger partial charge < -0.3 is 19.6 Å². The van der Waals surface area contributed by atoms with Gasteiger partial charge in [-0.05, 0) is 27.2 Å². The Morgan fingerprint density at radius 1 is 1.18 bits per heavy atom. The Bertz CT molecular complexity index is 353. The van der Waals surface area contributed by atoms with E-state index in [0.29, 0.717) is 11.5 Å². The first-order valence-electron chi connectivity index (χ1n) is 5.72. The summed E-state index contributed by atoms with van der Waals surface area (Å²) in [5, 5.41) is 9.83. The van der Waals surface area contributed by atoms with Gasteiger partial charge in [0.2, 0.25) is 0 Å². The predicted octanol–water partition coefficient (Wildman–Crippen LogP) is 1.39. The van der Waals surface area contributed by atoms with Crippen LogP contribution in [0.4, 0.5) is 0 Å². The molecule has 4 heteroatoms. The van der Waals surface area contributed by atoms with Crippen molar-refractivity contribution in [3.05, 3.63) is 23.8 Å². The van der Waals surface area contributed by atoms with Gasteiger partial charge >= 0.3 is 0 Å². The van der Waals surface area contributed by atoms with Gasteiger partial charge in [0.25, 0.3) is 0 Å². The fraction of sp³-hybridized carbons (Fsp3) is 0.538. The molecule has 0 spiro atoms. The van der Waals surface area contributed by atoms with Crippen molar-refractivity contribution in [3.63, 3.8) is 0 Å². The Labute approximate surface area is 103 Å². The molecule has 1 aromatic rings. The number of methoxy groups -OCH3 is 1. The van der Waals surface area contributed by atoms with E-state index in [2.05, 4.69) is 23.9 Å². The lowest BCUT2D eigenvalue weighted by Crippen LogP contribution is -2.28. The molecule has 1 aromatic carbocycles. The van der Waals surface area contributed by atoms with Crippen molar-refractivity contribution in [2.45, 2.75) is 6.54 Å². The van der Waals surface area contributed by atoms with E-state index in [1.807, 2.05) is 19.2 Å². The van der Waals surface area contributed by atoms with E-state index in [9.17, 15) is 5.11 Å². The monoisotopic (exact) mass is 238 g/mol. The van der Waals surface area contributed by atoms with E-state index in [4.69, 9.17) is 4.74 Å². The maximum Gasteiger partial charge on any atom is 0.123 e. The minimum atomic E-state index is 0.293. The molecule has 4 nitrogen and oxygen atoms in total. The molecule has 0 radical (unpaired) electrons. The summed E-state index contributed by atoms with van der Waals surface area (Å²) in [7, 11) is 7.75. The number of phenols is 1. The first kappa shape index (κ1) is 13.8. The quantitative estimate of drug-likeness (QED) is 0.812. The van der Waals surface area contributed by atoms with Crippen LogP contribution >= 0.6 is 0 Å². The highest BCUT2D eigenvalue weighted by atomic mass is 16.5. The summed E-state index contributed by atoms with van der Waals surface area (Å²) >= 11 is 0. The lowest BCUT2D eigenvalue weighted by Gasteiger charge is -2.19. The summed E-state index contributed by atoms with van der Waals surface area (Å²) in [5.41, 5.74) is 0.923. The van der Waals surface area contributed by atoms with Gasteiger partial charge in [0.05, 0.1) is 7.11 Å². The first-order chi connectivity index (χ1) is 8.02. The largest absolute Gasteiger partial charge is 0.507 e. The van der Waals surface area contributed by atoms with Gasteiger partial charge in [-0.3, -0.25) is 0 Å². The van der Waals surface area contributed by atoms with E-state index in [1.54, 1.807) is 13.2 Å². The highest BCUT2D eigenvalue weighted by Gasteiger charge is 2.06. The molecule has 1 rings (SSSR count). The SMILES string of the molecule is COc1ccc(CN(C)CCN(C)C)c(O)c1. The fourth-order valence-corrected chi connectivity index (χ4v) is 1.54. The van der Waals surface area contributed by atoms with E-state index in [0.717, 1.165) is 25.2 Å². The molecule has 0 aromatic heterocycles. The second kappa shape index (κ2) is 6.47. The summed E-state index contributed by atoms with van der Waals surface area (Å²) in [6.07, 6.45) is 0. The average molecular weight is 238 g/mol. The Morgan fingerprint density at radius 2 is 1.88 bits per heavy atom. The van der Waals surface area contributed by atoms with Gasteiger partial charge in [-0.1, -0.05) is 6.07 Å². The summed E-state index contributed by atoms with van der Waals surface area (Å²) < 4.78 is 5.05. The molecule has 0 aliphatic carbocycles. The second-order valence-electron chi connectivity index (χ2n) is 4.54. The van der Waals surface area contributed by atoms with Crippen LogP contribution in [0.1, 0.15) is 5.56 Å². The number of likely N-dealkylation sites (N-methyl/N-ethyl adjacent to an activating group) is 2. The molecule has 0 saturated carbocycles. The highest BCUT2D eigenvalue weighted by molar-refractivity contribution is 5.39. The number of aromatic hydroxyl groups is 1. The van der Waals surface area contributed by atoms with Crippen LogP contribution in [0.25, 0.3) is 0 Å². The van der Waals surface area contributed by atoms with Crippen LogP contribution in [0.15, 0.2) is 18.2 Å². The molecular weight excluding hydrogens is 216 g/mol. The van der Waals surface area contributed by atoms with Gasteiger partial charge in [0, 0.05) is 31.3 Å². The van der Waals surface area contributed by atoms with Gasteiger partial charge in [-0.25, -0.2) is 0 Å². The molecule has 0 heterocycles. The van der Waals surface area contributed by atoms with Crippen LogP contribution < -0.4 is 4.74 Å². The Kier molecular flexibility index (Phi) is 5.25. The molecule has 0 fully saturated rings. The zero-order chi connectivity index (χ0) is 12.8. The fourth-order valence-electron chi connectivity index (χ4n) is 1.54. The first-order valence-corrected chi connectivity index (χ1v) is 5.72. The van der Waals surface area contributed by atoms with Crippen molar-refractivity contribution in [1.82, 2.24) is 9.80 Å². The third-order valence-electron chi connectivity index (χ3n) is 2.66. The number of hydrogen-bond donors (Lipinski definition) is 1. The molecule has 0 atom stereocenters.